The normalized spacial score (nSPS) is 16.9. The van der Waals surface area contributed by atoms with Crippen LogP contribution in [-0.4, -0.2) is 64.4 Å². The number of amides is 2. The van der Waals surface area contributed by atoms with Gasteiger partial charge in [-0.25, -0.2) is 9.78 Å². The maximum atomic E-state index is 13.6. The summed E-state index contributed by atoms with van der Waals surface area (Å²) in [6.45, 7) is 6.50. The molecule has 1 saturated heterocycles. The molecule has 1 aliphatic rings. The number of ether oxygens (including phenoxy) is 1. The number of nitrogens with zero attached hydrogens (tertiary/aromatic N) is 3. The Morgan fingerprint density at radius 1 is 1.26 bits per heavy atom. The Labute approximate surface area is 211 Å². The summed E-state index contributed by atoms with van der Waals surface area (Å²) in [5, 5.41) is 5.08. The number of nitrogens with two attached hydrogens (primary N) is 2. The second kappa shape index (κ2) is 14.0. The van der Waals surface area contributed by atoms with Crippen molar-refractivity contribution in [2.24, 2.45) is 16.5 Å². The lowest BCUT2D eigenvalue weighted by molar-refractivity contribution is -0.137. The van der Waals surface area contributed by atoms with E-state index in [0.29, 0.717) is 37.4 Å². The van der Waals surface area contributed by atoms with Gasteiger partial charge in [0.05, 0.1) is 0 Å². The molecule has 1 aromatic heterocycles. The number of nitrogens with one attached hydrogen (secondary N) is 1. The average Bonchev–Trinajstić information content (AvgIpc) is 3.32. The molecule has 0 radical (unpaired) electrons. The van der Waals surface area contributed by atoms with Crippen LogP contribution in [0.15, 0.2) is 16.6 Å². The molecule has 11 heteroatoms. The lowest BCUT2D eigenvalue weighted by Gasteiger charge is -2.38. The van der Waals surface area contributed by atoms with Gasteiger partial charge in [0.2, 0.25) is 5.91 Å². The maximum absolute atomic E-state index is 13.6. The van der Waals surface area contributed by atoms with Gasteiger partial charge in [-0.2, -0.15) is 0 Å². The van der Waals surface area contributed by atoms with Gasteiger partial charge < -0.3 is 26.4 Å². The Balaban J connectivity index is 2.01. The number of piperidine rings is 1. The fourth-order valence-corrected chi connectivity index (χ4v) is 4.72. The first-order valence-electron chi connectivity index (χ1n) is 12.3. The summed E-state index contributed by atoms with van der Waals surface area (Å²) in [4.78, 5) is 48.5. The van der Waals surface area contributed by atoms with Crippen LogP contribution in [0.5, 0.6) is 0 Å². The molecule has 0 saturated carbocycles. The Morgan fingerprint density at radius 3 is 2.69 bits per heavy atom. The minimum Gasteiger partial charge on any atom is -0.444 e. The minimum absolute atomic E-state index is 0.00202. The number of aliphatic imine (C=N–C) groups is 1. The summed E-state index contributed by atoms with van der Waals surface area (Å²) < 4.78 is 5.41. The fourth-order valence-electron chi connectivity index (χ4n) is 4.11. The summed E-state index contributed by atoms with van der Waals surface area (Å²) in [5.74, 6) is -0.0530. The zero-order valence-electron chi connectivity index (χ0n) is 21.1. The summed E-state index contributed by atoms with van der Waals surface area (Å²) in [7, 11) is 0. The van der Waals surface area contributed by atoms with E-state index in [1.54, 1.807) is 32.3 Å². The molecule has 10 nitrogen and oxygen atoms in total. The van der Waals surface area contributed by atoms with Crippen molar-refractivity contribution in [2.75, 3.05) is 13.1 Å². The van der Waals surface area contributed by atoms with Gasteiger partial charge in [-0.1, -0.05) is 12.8 Å². The molecule has 0 aromatic carbocycles. The fraction of sp³-hybridized carbons (Fsp3) is 0.708. The topological polar surface area (TPSA) is 153 Å². The highest BCUT2D eigenvalue weighted by atomic mass is 32.1. The van der Waals surface area contributed by atoms with Gasteiger partial charge in [-0.3, -0.25) is 14.6 Å². The van der Waals surface area contributed by atoms with Gasteiger partial charge in [-0.05, 0) is 59.3 Å². The second-order valence-corrected chi connectivity index (χ2v) is 10.7. The predicted molar refractivity (Wildman–Crippen MR) is 137 cm³/mol. The minimum atomic E-state index is -0.691. The van der Waals surface area contributed by atoms with Crippen LogP contribution in [0.2, 0.25) is 0 Å². The van der Waals surface area contributed by atoms with Crippen molar-refractivity contribution in [2.45, 2.75) is 96.2 Å². The quantitative estimate of drug-likeness (QED) is 0.170. The molecule has 5 N–H and O–H groups in total. The van der Waals surface area contributed by atoms with Gasteiger partial charge in [0.15, 0.2) is 16.8 Å². The molecule has 1 aromatic rings. The van der Waals surface area contributed by atoms with E-state index in [1.807, 2.05) is 4.90 Å². The van der Waals surface area contributed by atoms with E-state index in [1.165, 1.54) is 11.3 Å². The number of thiazole rings is 1. The van der Waals surface area contributed by atoms with Crippen LogP contribution in [0.4, 0.5) is 4.79 Å². The maximum Gasteiger partial charge on any atom is 0.408 e. The summed E-state index contributed by atoms with van der Waals surface area (Å²) >= 11 is 1.33. The number of alkyl carbamates (subject to hydrolysis) is 1. The van der Waals surface area contributed by atoms with E-state index in [9.17, 15) is 14.4 Å². The highest BCUT2D eigenvalue weighted by Crippen LogP contribution is 2.24. The lowest BCUT2D eigenvalue weighted by Crippen LogP contribution is -2.54. The van der Waals surface area contributed by atoms with Crippen molar-refractivity contribution in [3.8, 4) is 0 Å². The van der Waals surface area contributed by atoms with E-state index in [4.69, 9.17) is 16.2 Å². The summed E-state index contributed by atoms with van der Waals surface area (Å²) in [5.41, 5.74) is 10.1. The van der Waals surface area contributed by atoms with Crippen LogP contribution in [0.25, 0.3) is 0 Å². The number of ketones is 1. The number of hydrogen-bond acceptors (Lipinski definition) is 7. The number of hydrogen-bond donors (Lipinski definition) is 3. The largest absolute Gasteiger partial charge is 0.444 e. The van der Waals surface area contributed by atoms with E-state index in [2.05, 4.69) is 15.3 Å². The van der Waals surface area contributed by atoms with Crippen LogP contribution in [0.1, 0.15) is 88.4 Å². The average molecular weight is 509 g/mol. The number of carbonyl (C=O) groups excluding carboxylic acids is 3. The van der Waals surface area contributed by atoms with Crippen LogP contribution in [0, 0.1) is 0 Å². The molecule has 2 amide bonds. The van der Waals surface area contributed by atoms with E-state index >= 15 is 0 Å². The number of guanidine groups is 1. The molecule has 2 heterocycles. The molecule has 35 heavy (non-hydrogen) atoms. The molecule has 2 rings (SSSR count). The third-order valence-corrected chi connectivity index (χ3v) is 6.53. The number of carbonyl (C=O) groups is 3. The molecule has 196 valence electrons. The molecular formula is C24H40N6O4S. The Morgan fingerprint density at radius 2 is 2.03 bits per heavy atom. The van der Waals surface area contributed by atoms with Crippen molar-refractivity contribution >= 4 is 35.1 Å². The van der Waals surface area contributed by atoms with Crippen LogP contribution >= 0.6 is 11.3 Å². The number of unbranched alkanes of at least 4 members (excludes halogenated alkanes) is 2. The third-order valence-electron chi connectivity index (χ3n) is 5.72. The van der Waals surface area contributed by atoms with Crippen molar-refractivity contribution in [1.82, 2.24) is 15.2 Å². The Hall–Kier alpha value is -2.69. The van der Waals surface area contributed by atoms with Crippen LogP contribution in [0.3, 0.4) is 0 Å². The highest BCUT2D eigenvalue weighted by molar-refractivity contribution is 7.11. The summed E-state index contributed by atoms with van der Waals surface area (Å²) in [6.07, 6.45) is 7.53. The highest BCUT2D eigenvalue weighted by Gasteiger charge is 2.33. The lowest BCUT2D eigenvalue weighted by atomic mass is 9.95. The molecule has 0 spiro atoms. The number of aromatic nitrogens is 1. The van der Waals surface area contributed by atoms with Crippen molar-refractivity contribution in [1.29, 1.82) is 0 Å². The number of likely N-dealkylation sites (tertiary alicyclic amines) is 1. The van der Waals surface area contributed by atoms with E-state index in [-0.39, 0.29) is 23.7 Å². The van der Waals surface area contributed by atoms with Gasteiger partial charge in [0, 0.05) is 37.1 Å². The van der Waals surface area contributed by atoms with E-state index < -0.39 is 17.7 Å². The van der Waals surface area contributed by atoms with Gasteiger partial charge >= 0.3 is 6.09 Å². The third kappa shape index (κ3) is 10.6. The van der Waals surface area contributed by atoms with Gasteiger partial charge in [-0.15, -0.1) is 11.3 Å². The zero-order valence-corrected chi connectivity index (χ0v) is 21.9. The first kappa shape index (κ1) is 28.5. The molecule has 1 aliphatic heterocycles. The van der Waals surface area contributed by atoms with Crippen LogP contribution in [-0.2, 0) is 9.53 Å². The number of Topliss-reactive ketones (excluding diaryl/α,β-unsaturated/α-hetero) is 1. The first-order chi connectivity index (χ1) is 16.6. The Kier molecular flexibility index (Phi) is 11.4. The van der Waals surface area contributed by atoms with Crippen molar-refractivity contribution in [3.05, 3.63) is 16.6 Å². The molecule has 1 fully saturated rings. The second-order valence-electron chi connectivity index (χ2n) is 9.84. The molecule has 0 aliphatic carbocycles. The standard InChI is InChI=1S/C24H40N6O4S/c1-24(2,3)34-23(33)29-18(10-5-4-7-13-28-22(25)26)21(32)30-15-8-6-9-17(30)11-12-19(31)20-27-14-16-35-20/h14,16-18H,4-13,15H2,1-3H3,(H,29,33)(H4,25,26,28). The van der Waals surface area contributed by atoms with Crippen molar-refractivity contribution < 1.29 is 19.1 Å². The SMILES string of the molecule is CC(C)(C)OC(=O)NC(CCCCCN=C(N)N)C(=O)N1CCCCC1CCC(=O)c1nccs1. The predicted octanol–water partition coefficient (Wildman–Crippen LogP) is 3.21. The monoisotopic (exact) mass is 508 g/mol. The molecule has 2 atom stereocenters. The zero-order chi connectivity index (χ0) is 25.8. The van der Waals surface area contributed by atoms with Gasteiger partial charge in [0.25, 0.3) is 0 Å². The first-order valence-corrected chi connectivity index (χ1v) is 13.2. The molecule has 2 unspecified atom stereocenters. The van der Waals surface area contributed by atoms with E-state index in [0.717, 1.165) is 38.5 Å². The summed E-state index contributed by atoms with van der Waals surface area (Å²) in [6, 6.07) is -0.729. The number of rotatable bonds is 12. The Bertz CT molecular complexity index is 849. The van der Waals surface area contributed by atoms with Crippen molar-refractivity contribution in [3.63, 3.8) is 0 Å². The molecule has 0 bridgehead atoms. The van der Waals surface area contributed by atoms with Gasteiger partial charge in [0.1, 0.15) is 11.6 Å². The van der Waals surface area contributed by atoms with Crippen LogP contribution < -0.4 is 16.8 Å². The molecular weight excluding hydrogens is 468 g/mol. The smallest absolute Gasteiger partial charge is 0.408 e.